The van der Waals surface area contributed by atoms with E-state index in [1.807, 2.05) is 43.3 Å². The molecule has 6 heteroatoms. The largest absolute Gasteiger partial charge is 0.480 e. The van der Waals surface area contributed by atoms with Gasteiger partial charge >= 0.3 is 5.97 Å². The van der Waals surface area contributed by atoms with Gasteiger partial charge in [0.1, 0.15) is 11.5 Å². The minimum atomic E-state index is -0.585. The van der Waals surface area contributed by atoms with E-state index in [9.17, 15) is 9.59 Å². The Hall–Kier alpha value is -2.18. The topological polar surface area (TPSA) is 52.6 Å². The van der Waals surface area contributed by atoms with Crippen molar-refractivity contribution in [2.45, 2.75) is 6.92 Å². The summed E-state index contributed by atoms with van der Waals surface area (Å²) in [5.41, 5.74) is 1.19. The SMILES string of the molecule is Cc1cc(Br)cc(Br)c1OCC(=O)Oc1c(C=O)ccc2ccccc12. The fraction of sp³-hybridized carbons (Fsp3) is 0.100. The summed E-state index contributed by atoms with van der Waals surface area (Å²) in [5.74, 6) is 0.232. The number of carbonyl (C=O) groups excluding carboxylic acids is 2. The van der Waals surface area contributed by atoms with Crippen molar-refractivity contribution in [3.63, 3.8) is 0 Å². The number of fused-ring (bicyclic) bond motifs is 1. The van der Waals surface area contributed by atoms with Crippen molar-refractivity contribution < 1.29 is 19.1 Å². The molecule has 0 bridgehead atoms. The molecule has 0 heterocycles. The van der Waals surface area contributed by atoms with Crippen LogP contribution in [-0.2, 0) is 4.79 Å². The molecule has 0 aromatic heterocycles. The molecular formula is C20H14Br2O4. The van der Waals surface area contributed by atoms with Crippen LogP contribution in [0.25, 0.3) is 10.8 Å². The van der Waals surface area contributed by atoms with E-state index < -0.39 is 5.97 Å². The summed E-state index contributed by atoms with van der Waals surface area (Å²) in [6.45, 7) is 1.61. The van der Waals surface area contributed by atoms with Gasteiger partial charge in [0.05, 0.1) is 10.0 Å². The molecule has 3 rings (SSSR count). The first-order valence-corrected chi connectivity index (χ1v) is 9.34. The monoisotopic (exact) mass is 476 g/mol. The second-order valence-corrected chi connectivity index (χ2v) is 7.39. The molecule has 0 aliphatic rings. The van der Waals surface area contributed by atoms with Crippen LogP contribution in [0, 0.1) is 6.92 Å². The maximum absolute atomic E-state index is 12.3. The van der Waals surface area contributed by atoms with Crippen molar-refractivity contribution in [1.29, 1.82) is 0 Å². The maximum Gasteiger partial charge on any atom is 0.349 e. The zero-order valence-electron chi connectivity index (χ0n) is 13.8. The number of hydrogen-bond acceptors (Lipinski definition) is 4. The zero-order valence-corrected chi connectivity index (χ0v) is 17.0. The van der Waals surface area contributed by atoms with Crippen LogP contribution in [0.2, 0.25) is 0 Å². The predicted octanol–water partition coefficient (Wildman–Crippen LogP) is 5.47. The van der Waals surface area contributed by atoms with E-state index in [0.29, 0.717) is 23.0 Å². The number of esters is 1. The van der Waals surface area contributed by atoms with Crippen LogP contribution in [0.3, 0.4) is 0 Å². The lowest BCUT2D eigenvalue weighted by atomic mass is 10.1. The van der Waals surface area contributed by atoms with Gasteiger partial charge in [-0.2, -0.15) is 0 Å². The Bertz CT molecular complexity index is 975. The van der Waals surface area contributed by atoms with Gasteiger partial charge < -0.3 is 9.47 Å². The van der Waals surface area contributed by atoms with E-state index in [1.54, 1.807) is 12.1 Å². The average molecular weight is 478 g/mol. The first-order chi connectivity index (χ1) is 12.5. The van der Waals surface area contributed by atoms with Gasteiger partial charge in [-0.25, -0.2) is 4.79 Å². The fourth-order valence-corrected chi connectivity index (χ4v) is 4.17. The van der Waals surface area contributed by atoms with Crippen molar-refractivity contribution in [1.82, 2.24) is 0 Å². The molecule has 0 radical (unpaired) electrons. The highest BCUT2D eigenvalue weighted by Gasteiger charge is 2.15. The van der Waals surface area contributed by atoms with Gasteiger partial charge in [0.2, 0.25) is 0 Å². The van der Waals surface area contributed by atoms with Gasteiger partial charge in [-0.15, -0.1) is 0 Å². The zero-order chi connectivity index (χ0) is 18.7. The Morgan fingerprint density at radius 1 is 1.08 bits per heavy atom. The molecule has 0 amide bonds. The quantitative estimate of drug-likeness (QED) is 0.278. The summed E-state index contributed by atoms with van der Waals surface area (Å²) < 4.78 is 12.7. The van der Waals surface area contributed by atoms with Crippen LogP contribution >= 0.6 is 31.9 Å². The van der Waals surface area contributed by atoms with Gasteiger partial charge in [-0.3, -0.25) is 4.79 Å². The molecule has 0 aliphatic carbocycles. The minimum Gasteiger partial charge on any atom is -0.480 e. The third-order valence-corrected chi connectivity index (χ3v) is 4.83. The highest BCUT2D eigenvalue weighted by atomic mass is 79.9. The van der Waals surface area contributed by atoms with E-state index in [-0.39, 0.29) is 12.4 Å². The van der Waals surface area contributed by atoms with Crippen molar-refractivity contribution in [3.8, 4) is 11.5 Å². The molecule has 4 nitrogen and oxygen atoms in total. The summed E-state index contributed by atoms with van der Waals surface area (Å²) in [4.78, 5) is 23.6. The van der Waals surface area contributed by atoms with Crippen LogP contribution in [0.15, 0.2) is 57.5 Å². The Morgan fingerprint density at radius 3 is 2.58 bits per heavy atom. The molecule has 0 spiro atoms. The highest BCUT2D eigenvalue weighted by molar-refractivity contribution is 9.11. The number of aldehydes is 1. The summed E-state index contributed by atoms with van der Waals surface area (Å²) in [6.07, 6.45) is 0.672. The van der Waals surface area contributed by atoms with E-state index in [4.69, 9.17) is 9.47 Å². The third-order valence-electron chi connectivity index (χ3n) is 3.78. The molecular weight excluding hydrogens is 464 g/mol. The van der Waals surface area contributed by atoms with Crippen LogP contribution in [0.5, 0.6) is 11.5 Å². The van der Waals surface area contributed by atoms with E-state index >= 15 is 0 Å². The van der Waals surface area contributed by atoms with Gasteiger partial charge in [-0.05, 0) is 52.0 Å². The van der Waals surface area contributed by atoms with Gasteiger partial charge in [0.15, 0.2) is 12.9 Å². The van der Waals surface area contributed by atoms with Crippen molar-refractivity contribution >= 4 is 54.9 Å². The van der Waals surface area contributed by atoms with Crippen molar-refractivity contribution in [3.05, 3.63) is 68.6 Å². The second-order valence-electron chi connectivity index (χ2n) is 5.62. The number of benzene rings is 3. The molecule has 0 N–H and O–H groups in total. The smallest absolute Gasteiger partial charge is 0.349 e. The summed E-state index contributed by atoms with van der Waals surface area (Å²) in [7, 11) is 0. The molecule has 0 fully saturated rings. The Labute approximate surface area is 167 Å². The molecule has 26 heavy (non-hydrogen) atoms. The van der Waals surface area contributed by atoms with Crippen LogP contribution in [0.4, 0.5) is 0 Å². The van der Waals surface area contributed by atoms with Crippen molar-refractivity contribution in [2.75, 3.05) is 6.61 Å². The van der Waals surface area contributed by atoms with E-state index in [1.165, 1.54) is 0 Å². The standard InChI is InChI=1S/C20H14Br2O4/c1-12-8-15(21)9-17(22)19(12)25-11-18(24)26-20-14(10-23)7-6-13-4-2-3-5-16(13)20/h2-10H,11H2,1H3. The van der Waals surface area contributed by atoms with Crippen molar-refractivity contribution in [2.24, 2.45) is 0 Å². The highest BCUT2D eigenvalue weighted by Crippen LogP contribution is 2.33. The van der Waals surface area contributed by atoms with Gasteiger partial charge in [0, 0.05) is 9.86 Å². The van der Waals surface area contributed by atoms with Gasteiger partial charge in [0.25, 0.3) is 0 Å². The summed E-state index contributed by atoms with van der Waals surface area (Å²) in [5, 5.41) is 1.58. The lowest BCUT2D eigenvalue weighted by Gasteiger charge is -2.13. The fourth-order valence-electron chi connectivity index (χ4n) is 2.61. The number of rotatable bonds is 5. The van der Waals surface area contributed by atoms with Crippen LogP contribution < -0.4 is 9.47 Å². The summed E-state index contributed by atoms with van der Waals surface area (Å²) >= 11 is 6.82. The molecule has 0 saturated heterocycles. The Balaban J connectivity index is 1.81. The maximum atomic E-state index is 12.3. The van der Waals surface area contributed by atoms with Crippen LogP contribution in [0.1, 0.15) is 15.9 Å². The number of hydrogen-bond donors (Lipinski definition) is 0. The molecule has 0 unspecified atom stereocenters. The number of ether oxygens (including phenoxy) is 2. The first-order valence-electron chi connectivity index (χ1n) is 7.75. The summed E-state index contributed by atoms with van der Waals surface area (Å²) in [6, 6.07) is 14.6. The minimum absolute atomic E-state index is 0.248. The second kappa shape index (κ2) is 8.01. The van der Waals surface area contributed by atoms with Gasteiger partial charge in [-0.1, -0.05) is 46.3 Å². The lowest BCUT2D eigenvalue weighted by Crippen LogP contribution is -2.19. The number of carbonyl (C=O) groups is 2. The predicted molar refractivity (Wildman–Crippen MR) is 107 cm³/mol. The number of aryl methyl sites for hydroxylation is 1. The first kappa shape index (κ1) is 18.6. The number of halogens is 2. The Morgan fingerprint density at radius 2 is 1.85 bits per heavy atom. The molecule has 132 valence electrons. The average Bonchev–Trinajstić information content (AvgIpc) is 2.61. The van der Waals surface area contributed by atoms with E-state index in [2.05, 4.69) is 31.9 Å². The normalized spacial score (nSPS) is 10.6. The van der Waals surface area contributed by atoms with E-state index in [0.717, 1.165) is 19.9 Å². The molecule has 3 aromatic carbocycles. The molecule has 0 saturated carbocycles. The Kier molecular flexibility index (Phi) is 5.74. The lowest BCUT2D eigenvalue weighted by molar-refractivity contribution is -0.136. The molecule has 0 aliphatic heterocycles. The van der Waals surface area contributed by atoms with Crippen LogP contribution in [-0.4, -0.2) is 18.9 Å². The molecule has 3 aromatic rings. The third kappa shape index (κ3) is 3.97. The molecule has 0 atom stereocenters.